The second kappa shape index (κ2) is 5.00. The van der Waals surface area contributed by atoms with Gasteiger partial charge in [0.25, 0.3) is 0 Å². The molecule has 1 aromatic rings. The fourth-order valence-electron chi connectivity index (χ4n) is 1.90. The van der Waals surface area contributed by atoms with Gasteiger partial charge in [-0.15, -0.1) is 12.3 Å². The third-order valence-electron chi connectivity index (χ3n) is 3.06. The lowest BCUT2D eigenvalue weighted by molar-refractivity contribution is 0.364. The van der Waals surface area contributed by atoms with Crippen molar-refractivity contribution in [1.82, 2.24) is 5.32 Å². The van der Waals surface area contributed by atoms with E-state index in [0.717, 1.165) is 6.42 Å². The average Bonchev–Trinajstić information content (AvgIpc) is 2.27. The molecule has 0 bridgehead atoms. The van der Waals surface area contributed by atoms with Gasteiger partial charge in [0.1, 0.15) is 0 Å². The summed E-state index contributed by atoms with van der Waals surface area (Å²) >= 11 is 0. The predicted molar refractivity (Wildman–Crippen MR) is 65.8 cm³/mol. The molecule has 1 heteroatoms. The van der Waals surface area contributed by atoms with Gasteiger partial charge in [0.2, 0.25) is 0 Å². The summed E-state index contributed by atoms with van der Waals surface area (Å²) in [7, 11) is 1.96. The summed E-state index contributed by atoms with van der Waals surface area (Å²) < 4.78 is 0. The van der Waals surface area contributed by atoms with Crippen molar-refractivity contribution >= 4 is 0 Å². The van der Waals surface area contributed by atoms with E-state index < -0.39 is 0 Å². The lowest BCUT2D eigenvalue weighted by atomic mass is 9.76. The van der Waals surface area contributed by atoms with Gasteiger partial charge in [-0.1, -0.05) is 44.2 Å². The Morgan fingerprint density at radius 1 is 1.33 bits per heavy atom. The molecule has 0 aliphatic heterocycles. The fraction of sp³-hybridized carbons (Fsp3) is 0.429. The number of benzene rings is 1. The highest BCUT2D eigenvalue weighted by Crippen LogP contribution is 2.28. The van der Waals surface area contributed by atoms with E-state index in [4.69, 9.17) is 6.42 Å². The lowest BCUT2D eigenvalue weighted by Gasteiger charge is -2.33. The Kier molecular flexibility index (Phi) is 3.94. The zero-order chi connectivity index (χ0) is 11.3. The summed E-state index contributed by atoms with van der Waals surface area (Å²) in [5.41, 5.74) is 1.38. The summed E-state index contributed by atoms with van der Waals surface area (Å²) in [5, 5.41) is 3.30. The van der Waals surface area contributed by atoms with Crippen molar-refractivity contribution < 1.29 is 0 Å². The Morgan fingerprint density at radius 3 is 2.40 bits per heavy atom. The van der Waals surface area contributed by atoms with Crippen LogP contribution in [0.1, 0.15) is 25.8 Å². The topological polar surface area (TPSA) is 12.0 Å². The Bertz CT molecular complexity index is 332. The zero-order valence-corrected chi connectivity index (χ0v) is 9.75. The highest BCUT2D eigenvalue weighted by atomic mass is 14.9. The van der Waals surface area contributed by atoms with Crippen LogP contribution in [0.15, 0.2) is 30.3 Å². The van der Waals surface area contributed by atoms with Gasteiger partial charge in [-0.2, -0.15) is 0 Å². The molecule has 0 saturated heterocycles. The predicted octanol–water partition coefficient (Wildman–Crippen LogP) is 2.58. The molecule has 1 rings (SSSR count). The number of rotatable bonds is 4. The molecule has 0 fully saturated rings. The Balaban J connectivity index is 2.95. The minimum absolute atomic E-state index is 0.0579. The van der Waals surface area contributed by atoms with E-state index in [9.17, 15) is 0 Å². The van der Waals surface area contributed by atoms with Gasteiger partial charge in [0, 0.05) is 17.9 Å². The van der Waals surface area contributed by atoms with E-state index in [2.05, 4.69) is 49.4 Å². The number of likely N-dealkylation sites (N-methyl/N-ethyl adjacent to an activating group) is 1. The molecule has 0 saturated carbocycles. The second-order valence-corrected chi connectivity index (χ2v) is 4.34. The van der Waals surface area contributed by atoms with Gasteiger partial charge in [0.15, 0.2) is 0 Å². The SMILES string of the molecule is C#CCC(NC)C(C)(C)c1ccccc1. The first-order chi connectivity index (χ1) is 7.12. The van der Waals surface area contributed by atoms with E-state index in [1.165, 1.54) is 5.56 Å². The smallest absolute Gasteiger partial charge is 0.0265 e. The van der Waals surface area contributed by atoms with E-state index in [-0.39, 0.29) is 5.41 Å². The maximum atomic E-state index is 5.39. The van der Waals surface area contributed by atoms with E-state index in [1.54, 1.807) is 0 Å². The lowest BCUT2D eigenvalue weighted by Crippen LogP contribution is -2.42. The number of hydrogen-bond acceptors (Lipinski definition) is 1. The Hall–Kier alpha value is -1.26. The van der Waals surface area contributed by atoms with Gasteiger partial charge in [-0.05, 0) is 12.6 Å². The molecule has 0 radical (unpaired) electrons. The maximum absolute atomic E-state index is 5.39. The van der Waals surface area contributed by atoms with Gasteiger partial charge in [-0.3, -0.25) is 0 Å². The van der Waals surface area contributed by atoms with Crippen LogP contribution >= 0.6 is 0 Å². The standard InChI is InChI=1S/C14H19N/c1-5-9-13(15-4)14(2,3)12-10-7-6-8-11-12/h1,6-8,10-11,13,15H,9H2,2-4H3. The van der Waals surface area contributed by atoms with Crippen molar-refractivity contribution in [3.05, 3.63) is 35.9 Å². The van der Waals surface area contributed by atoms with Crippen molar-refractivity contribution in [1.29, 1.82) is 0 Å². The Morgan fingerprint density at radius 2 is 1.93 bits per heavy atom. The molecular formula is C14H19N. The molecule has 15 heavy (non-hydrogen) atoms. The molecule has 1 unspecified atom stereocenters. The fourth-order valence-corrected chi connectivity index (χ4v) is 1.90. The van der Waals surface area contributed by atoms with Crippen LogP contribution in [-0.2, 0) is 5.41 Å². The van der Waals surface area contributed by atoms with Crippen LogP contribution in [0.2, 0.25) is 0 Å². The van der Waals surface area contributed by atoms with Crippen LogP contribution in [0.4, 0.5) is 0 Å². The molecule has 1 N–H and O–H groups in total. The molecule has 80 valence electrons. The molecule has 1 atom stereocenters. The van der Waals surface area contributed by atoms with Gasteiger partial charge < -0.3 is 5.32 Å². The largest absolute Gasteiger partial charge is 0.315 e. The summed E-state index contributed by atoms with van der Waals surface area (Å²) in [4.78, 5) is 0. The monoisotopic (exact) mass is 201 g/mol. The summed E-state index contributed by atoms with van der Waals surface area (Å²) in [5.74, 6) is 2.73. The van der Waals surface area contributed by atoms with E-state index >= 15 is 0 Å². The molecule has 0 aliphatic carbocycles. The second-order valence-electron chi connectivity index (χ2n) is 4.34. The molecule has 0 amide bonds. The summed E-state index contributed by atoms with van der Waals surface area (Å²) in [6, 6.07) is 10.8. The van der Waals surface area contributed by atoms with Crippen molar-refractivity contribution in [3.63, 3.8) is 0 Å². The third-order valence-corrected chi connectivity index (χ3v) is 3.06. The minimum Gasteiger partial charge on any atom is -0.315 e. The molecule has 0 spiro atoms. The molecule has 0 aliphatic rings. The van der Waals surface area contributed by atoms with E-state index in [1.807, 2.05) is 13.1 Å². The number of terminal acetylenes is 1. The average molecular weight is 201 g/mol. The van der Waals surface area contributed by atoms with E-state index in [0.29, 0.717) is 6.04 Å². The van der Waals surface area contributed by atoms with Crippen molar-refractivity contribution in [2.45, 2.75) is 31.7 Å². The number of hydrogen-bond donors (Lipinski definition) is 1. The number of nitrogens with one attached hydrogen (secondary N) is 1. The van der Waals surface area contributed by atoms with Crippen LogP contribution in [0.5, 0.6) is 0 Å². The normalized spacial score (nSPS) is 13.2. The van der Waals surface area contributed by atoms with Crippen molar-refractivity contribution in [3.8, 4) is 12.3 Å². The van der Waals surface area contributed by atoms with Gasteiger partial charge >= 0.3 is 0 Å². The minimum atomic E-state index is 0.0579. The van der Waals surface area contributed by atoms with Crippen LogP contribution in [0.3, 0.4) is 0 Å². The van der Waals surface area contributed by atoms with Gasteiger partial charge in [-0.25, -0.2) is 0 Å². The van der Waals surface area contributed by atoms with Crippen LogP contribution in [0, 0.1) is 12.3 Å². The summed E-state index contributed by atoms with van der Waals surface area (Å²) in [6.45, 7) is 4.45. The first-order valence-electron chi connectivity index (χ1n) is 5.29. The highest BCUT2D eigenvalue weighted by molar-refractivity contribution is 5.26. The van der Waals surface area contributed by atoms with Crippen molar-refractivity contribution in [2.75, 3.05) is 7.05 Å². The quantitative estimate of drug-likeness (QED) is 0.738. The van der Waals surface area contributed by atoms with Gasteiger partial charge in [0.05, 0.1) is 0 Å². The van der Waals surface area contributed by atoms with Crippen LogP contribution < -0.4 is 5.32 Å². The molecule has 0 heterocycles. The molecular weight excluding hydrogens is 182 g/mol. The van der Waals surface area contributed by atoms with Crippen LogP contribution in [0.25, 0.3) is 0 Å². The molecule has 1 aromatic carbocycles. The molecule has 1 nitrogen and oxygen atoms in total. The highest BCUT2D eigenvalue weighted by Gasteiger charge is 2.29. The third kappa shape index (κ3) is 2.61. The van der Waals surface area contributed by atoms with Crippen molar-refractivity contribution in [2.24, 2.45) is 0 Å². The summed E-state index contributed by atoms with van der Waals surface area (Å²) in [6.07, 6.45) is 6.14. The Labute approximate surface area is 92.9 Å². The first kappa shape index (κ1) is 11.8. The maximum Gasteiger partial charge on any atom is 0.0265 e. The zero-order valence-electron chi connectivity index (χ0n) is 9.75. The van der Waals surface area contributed by atoms with Crippen LogP contribution in [-0.4, -0.2) is 13.1 Å². The first-order valence-corrected chi connectivity index (χ1v) is 5.29. The molecule has 0 aromatic heterocycles.